The van der Waals surface area contributed by atoms with E-state index in [1.54, 1.807) is 18.9 Å². The van der Waals surface area contributed by atoms with Crippen molar-refractivity contribution >= 4 is 108 Å². The molecule has 5 N–H and O–H groups in total. The van der Waals surface area contributed by atoms with Gasteiger partial charge in [0.05, 0.1) is 23.9 Å². The Morgan fingerprint density at radius 1 is 0.780 bits per heavy atom. The minimum Gasteiger partial charge on any atom is -0.365 e. The van der Waals surface area contributed by atoms with Gasteiger partial charge in [-0.2, -0.15) is 19.9 Å². The van der Waals surface area contributed by atoms with Crippen LogP contribution in [0.3, 0.4) is 0 Å². The van der Waals surface area contributed by atoms with Crippen molar-refractivity contribution in [2.75, 3.05) is 16.0 Å². The summed E-state index contributed by atoms with van der Waals surface area (Å²) in [7, 11) is 0.628. The molecule has 5 aromatic heterocycles. The molecule has 0 spiro atoms. The molecule has 2 fully saturated rings. The van der Waals surface area contributed by atoms with Crippen LogP contribution >= 0.6 is 51.6 Å². The molecular weight excluding hydrogens is 809 g/mol. The molecule has 2 aliphatic carbocycles. The van der Waals surface area contributed by atoms with Crippen molar-refractivity contribution in [2.45, 2.75) is 37.8 Å². The molecule has 0 aliphatic heterocycles. The van der Waals surface area contributed by atoms with E-state index in [9.17, 15) is 0 Å². The zero-order valence-corrected chi connectivity index (χ0v) is 27.8. The number of benzene rings is 1. The van der Waals surface area contributed by atoms with Gasteiger partial charge in [0.25, 0.3) is 0 Å². The zero-order chi connectivity index (χ0) is 28.2. The first-order chi connectivity index (χ1) is 20.1. The maximum atomic E-state index is 5.77. The predicted molar refractivity (Wildman–Crippen MR) is 175 cm³/mol. The second-order valence-electron chi connectivity index (χ2n) is 9.35. The molecule has 0 radical (unpaired) electrons. The number of nitrogens with zero attached hydrogens (tertiary/aromatic N) is 7. The quantitative estimate of drug-likeness (QED) is 0.0919. The van der Waals surface area contributed by atoms with Crippen LogP contribution in [0.2, 0.25) is 5.28 Å². The Bertz CT molecular complexity index is 1780. The van der Waals surface area contributed by atoms with E-state index < -0.39 is 0 Å². The van der Waals surface area contributed by atoms with Crippen LogP contribution in [-0.4, -0.2) is 56.9 Å². The van der Waals surface area contributed by atoms with Gasteiger partial charge >= 0.3 is 49.4 Å². The largest absolute Gasteiger partial charge is 0.365 e. The Hall–Kier alpha value is -2.54. The Morgan fingerprint density at radius 2 is 1.39 bits per heavy atom. The number of H-pyrrole nitrogens is 2. The van der Waals surface area contributed by atoms with E-state index in [0.717, 1.165) is 39.3 Å². The van der Waals surface area contributed by atoms with E-state index in [2.05, 4.69) is 101 Å². The summed E-state index contributed by atoms with van der Waals surface area (Å²) >= 11 is 10.5. The van der Waals surface area contributed by atoms with Crippen LogP contribution in [0.1, 0.15) is 25.7 Å². The maximum Gasteiger partial charge on any atom is 0.231 e. The Balaban J connectivity index is 0.000000151. The van der Waals surface area contributed by atoms with Gasteiger partial charge in [-0.05, 0) is 49.4 Å². The monoisotopic (exact) mass is 831 g/mol. The Morgan fingerprint density at radius 3 is 2.05 bits per heavy atom. The zero-order valence-electron chi connectivity index (χ0n) is 21.3. The molecule has 0 atom stereocenters. The molecule has 2 aliphatic rings. The number of aromatic amines is 2. The van der Waals surface area contributed by atoms with Gasteiger partial charge in [0, 0.05) is 23.7 Å². The van der Waals surface area contributed by atoms with Gasteiger partial charge < -0.3 is 25.9 Å². The molecule has 1 aromatic carbocycles. The Kier molecular flexibility index (Phi) is 9.19. The molecule has 0 unspecified atom stereocenters. The summed E-state index contributed by atoms with van der Waals surface area (Å²) in [6.07, 6.45) is 9.75. The smallest absolute Gasteiger partial charge is 0.231 e. The van der Waals surface area contributed by atoms with E-state index in [1.807, 2.05) is 30.3 Å². The number of hydrogen-bond acceptors (Lipinski definition) is 10. The first-order valence-corrected chi connectivity index (χ1v) is 22.1. The number of fused-ring (bicyclic) bond motifs is 3. The van der Waals surface area contributed by atoms with Gasteiger partial charge in [-0.3, -0.25) is 4.98 Å². The molecule has 5 heterocycles. The van der Waals surface area contributed by atoms with Crippen molar-refractivity contribution in [1.82, 2.24) is 44.9 Å². The average Bonchev–Trinajstić information content (AvgIpc) is 3.87. The second kappa shape index (κ2) is 13.2. The van der Waals surface area contributed by atoms with Gasteiger partial charge in [0.15, 0.2) is 22.9 Å². The van der Waals surface area contributed by atoms with Crippen molar-refractivity contribution in [1.29, 1.82) is 0 Å². The number of hydrogen-bond donors (Lipinski definition) is 5. The van der Waals surface area contributed by atoms with E-state index in [0.29, 0.717) is 38.8 Å². The fourth-order valence-electron chi connectivity index (χ4n) is 4.07. The molecule has 2 saturated carbocycles. The third-order valence-corrected chi connectivity index (χ3v) is 6.43. The molecule has 0 bridgehead atoms. The fraction of sp³-hybridized carbons (Fsp3) is 0.240. The summed E-state index contributed by atoms with van der Waals surface area (Å²) in [5.74, 6) is 2.05. The second-order valence-corrected chi connectivity index (χ2v) is 21.5. The minimum absolute atomic E-state index is 0.229. The topological polar surface area (TPSA) is 158 Å². The summed E-state index contributed by atoms with van der Waals surface area (Å²) in [4.78, 5) is 36.1. The van der Waals surface area contributed by atoms with Crippen LogP contribution in [0, 0.1) is 0 Å². The standard InChI is InChI=1S/C17H15N7.C8H8ClN5.2HI.V/c1-3-10-4-2-8-18-13(10)12(5-1)22-17-23-15-14(19-9-20-15)16(24-17)21-11-6-7-11;9-8-13-6-5(10-3-11-6)7(14-8)12-4-1-2-4;;;/h1-5,8-9,11H,6-7H2,(H3,19,20,21,22,23,24);3-4H,1-2H2,(H2,10,11,12,13,14);2*1H;/q;;;;+2/p-2. The van der Waals surface area contributed by atoms with Crippen LogP contribution in [0.25, 0.3) is 33.2 Å². The summed E-state index contributed by atoms with van der Waals surface area (Å²) < 4.78 is 0. The molecule has 0 amide bonds. The van der Waals surface area contributed by atoms with Gasteiger partial charge in [0.1, 0.15) is 11.0 Å². The van der Waals surface area contributed by atoms with Crippen LogP contribution in [0.4, 0.5) is 23.3 Å². The van der Waals surface area contributed by atoms with E-state index in [-0.39, 0.29) is 5.28 Å². The fourth-order valence-corrected chi connectivity index (χ4v) is 4.24. The van der Waals surface area contributed by atoms with Crippen LogP contribution < -0.4 is 16.0 Å². The number of pyridine rings is 1. The molecular formula is C25H23ClI2N12V. The molecule has 12 nitrogen and oxygen atoms in total. The SMILES string of the molecule is Clc1nc(NC2CC2)c2[nH]cnc2n1.[I][V][I].c1cnc2c(Nc3nc(NC4CC4)c4[nH]cnc4n3)cccc2c1. The van der Waals surface area contributed by atoms with Crippen LogP contribution in [0.5, 0.6) is 0 Å². The van der Waals surface area contributed by atoms with Crippen molar-refractivity contribution in [3.05, 3.63) is 54.5 Å². The van der Waals surface area contributed by atoms with E-state index in [1.165, 1.54) is 25.7 Å². The summed E-state index contributed by atoms with van der Waals surface area (Å²) in [6.45, 7) is 0. The van der Waals surface area contributed by atoms with Gasteiger partial charge in [-0.15, -0.1) is 0 Å². The van der Waals surface area contributed by atoms with Crippen LogP contribution in [-0.2, 0) is 9.47 Å². The third kappa shape index (κ3) is 7.28. The number of para-hydroxylation sites is 1. The molecule has 0 saturated heterocycles. The normalized spacial score (nSPS) is 14.1. The number of imidazole rings is 2. The molecule has 8 rings (SSSR count). The molecule has 41 heavy (non-hydrogen) atoms. The number of rotatable bonds is 6. The number of aromatic nitrogens is 9. The third-order valence-electron chi connectivity index (χ3n) is 6.26. The van der Waals surface area contributed by atoms with Gasteiger partial charge in [0.2, 0.25) is 11.2 Å². The predicted octanol–water partition coefficient (Wildman–Crippen LogP) is 6.57. The van der Waals surface area contributed by atoms with E-state index >= 15 is 0 Å². The minimum atomic E-state index is 0.229. The molecule has 16 heteroatoms. The van der Waals surface area contributed by atoms with Gasteiger partial charge in [-0.1, -0.05) is 18.2 Å². The number of halogens is 3. The van der Waals surface area contributed by atoms with E-state index in [4.69, 9.17) is 11.6 Å². The van der Waals surface area contributed by atoms with Crippen molar-refractivity contribution in [2.24, 2.45) is 0 Å². The van der Waals surface area contributed by atoms with Crippen molar-refractivity contribution < 1.29 is 9.47 Å². The van der Waals surface area contributed by atoms with Crippen LogP contribution in [0.15, 0.2) is 49.2 Å². The number of anilines is 4. The Labute approximate surface area is 268 Å². The first kappa shape index (κ1) is 28.6. The van der Waals surface area contributed by atoms with Crippen molar-refractivity contribution in [3.8, 4) is 0 Å². The van der Waals surface area contributed by atoms with Crippen molar-refractivity contribution in [3.63, 3.8) is 0 Å². The molecule has 6 aromatic rings. The average molecular weight is 832 g/mol. The first-order valence-electron chi connectivity index (χ1n) is 12.7. The summed E-state index contributed by atoms with van der Waals surface area (Å²) in [5.41, 5.74) is 4.67. The molecule has 209 valence electrons. The summed E-state index contributed by atoms with van der Waals surface area (Å²) in [6, 6.07) is 11.0. The number of nitrogens with one attached hydrogen (secondary N) is 5. The summed E-state index contributed by atoms with van der Waals surface area (Å²) in [5, 5.41) is 11.3. The van der Waals surface area contributed by atoms with Gasteiger partial charge in [-0.25, -0.2) is 9.97 Å². The maximum absolute atomic E-state index is 5.77.